The van der Waals surface area contributed by atoms with Gasteiger partial charge in [0, 0.05) is 18.7 Å². The van der Waals surface area contributed by atoms with Crippen molar-refractivity contribution in [2.45, 2.75) is 12.8 Å². The van der Waals surface area contributed by atoms with E-state index in [1.807, 2.05) is 11.0 Å². The molecule has 6 nitrogen and oxygen atoms in total. The summed E-state index contributed by atoms with van der Waals surface area (Å²) in [6, 6.07) is 9.09. The minimum Gasteiger partial charge on any atom is -0.382 e. The Hall–Kier alpha value is -2.81. The van der Waals surface area contributed by atoms with Gasteiger partial charge in [-0.1, -0.05) is 0 Å². The normalized spacial score (nSPS) is 14.1. The number of hydrogen-bond acceptors (Lipinski definition) is 4. The molecule has 0 spiro atoms. The summed E-state index contributed by atoms with van der Waals surface area (Å²) < 4.78 is 1.49. The third kappa shape index (κ3) is 2.34. The molecular formula is C15H15N5O. The minimum atomic E-state index is 0.0604. The molecule has 0 aliphatic carbocycles. The minimum absolute atomic E-state index is 0.0604. The van der Waals surface area contributed by atoms with Crippen LogP contribution in [0.3, 0.4) is 0 Å². The monoisotopic (exact) mass is 281 g/mol. The maximum atomic E-state index is 12.2. The zero-order valence-electron chi connectivity index (χ0n) is 11.5. The zero-order chi connectivity index (χ0) is 14.8. The van der Waals surface area contributed by atoms with Gasteiger partial charge in [-0.25, -0.2) is 4.68 Å². The topological polar surface area (TPSA) is 87.9 Å². The van der Waals surface area contributed by atoms with Crippen LogP contribution in [0.15, 0.2) is 30.5 Å². The Bertz CT molecular complexity index is 705. The van der Waals surface area contributed by atoms with E-state index in [9.17, 15) is 4.79 Å². The largest absolute Gasteiger partial charge is 0.382 e. The highest BCUT2D eigenvalue weighted by Gasteiger charge is 2.19. The van der Waals surface area contributed by atoms with Crippen LogP contribution in [-0.2, 0) is 0 Å². The predicted octanol–water partition coefficient (Wildman–Crippen LogP) is 1.56. The van der Waals surface area contributed by atoms with E-state index in [-0.39, 0.29) is 5.91 Å². The number of likely N-dealkylation sites (tertiary alicyclic amines) is 1. The lowest BCUT2D eigenvalue weighted by Crippen LogP contribution is -2.27. The second-order valence-electron chi connectivity index (χ2n) is 5.01. The van der Waals surface area contributed by atoms with E-state index in [4.69, 9.17) is 11.0 Å². The number of nitrogens with two attached hydrogens (primary N) is 1. The molecular weight excluding hydrogens is 266 g/mol. The van der Waals surface area contributed by atoms with E-state index in [1.165, 1.54) is 10.9 Å². The maximum Gasteiger partial charge on any atom is 0.253 e. The molecule has 2 aromatic rings. The van der Waals surface area contributed by atoms with Crippen LogP contribution in [-0.4, -0.2) is 33.7 Å². The van der Waals surface area contributed by atoms with Gasteiger partial charge in [-0.05, 0) is 37.1 Å². The summed E-state index contributed by atoms with van der Waals surface area (Å²) in [5.41, 5.74) is 7.57. The Kier molecular flexibility index (Phi) is 3.32. The Balaban J connectivity index is 1.85. The molecule has 1 aliphatic heterocycles. The number of carbonyl (C=O) groups is 1. The first-order valence-corrected chi connectivity index (χ1v) is 6.84. The van der Waals surface area contributed by atoms with E-state index < -0.39 is 0 Å². The lowest BCUT2D eigenvalue weighted by molar-refractivity contribution is 0.0793. The third-order valence-corrected chi connectivity index (χ3v) is 3.68. The molecule has 0 saturated carbocycles. The summed E-state index contributed by atoms with van der Waals surface area (Å²) in [5.74, 6) is 0.362. The smallest absolute Gasteiger partial charge is 0.253 e. The molecule has 1 saturated heterocycles. The average Bonchev–Trinajstić information content (AvgIpc) is 3.16. The summed E-state index contributed by atoms with van der Waals surface area (Å²) in [7, 11) is 0. The van der Waals surface area contributed by atoms with E-state index in [1.54, 1.807) is 24.3 Å². The van der Waals surface area contributed by atoms with Gasteiger partial charge in [0.05, 0.1) is 11.9 Å². The highest BCUT2D eigenvalue weighted by molar-refractivity contribution is 5.94. The Morgan fingerprint density at radius 2 is 1.90 bits per heavy atom. The number of nitrogen functional groups attached to an aromatic ring is 1. The number of carbonyl (C=O) groups excluding carboxylic acids is 1. The van der Waals surface area contributed by atoms with Crippen LogP contribution in [0.2, 0.25) is 0 Å². The molecule has 1 aliphatic rings. The predicted molar refractivity (Wildman–Crippen MR) is 77.8 cm³/mol. The van der Waals surface area contributed by atoms with Gasteiger partial charge in [0.15, 0.2) is 0 Å². The second-order valence-corrected chi connectivity index (χ2v) is 5.01. The number of hydrogen-bond donors (Lipinski definition) is 1. The van der Waals surface area contributed by atoms with Gasteiger partial charge in [0.1, 0.15) is 17.5 Å². The molecule has 0 bridgehead atoms. The number of anilines is 1. The standard InChI is InChI=1S/C15H15N5O/c16-9-12-10-18-20(14(12)17)13-5-3-11(4-6-13)15(21)19-7-1-2-8-19/h3-6,10H,1-2,7-8,17H2. The molecule has 6 heteroatoms. The molecule has 1 aromatic carbocycles. The summed E-state index contributed by atoms with van der Waals surface area (Å²) >= 11 is 0. The number of aromatic nitrogens is 2. The molecule has 0 radical (unpaired) electrons. The molecule has 21 heavy (non-hydrogen) atoms. The van der Waals surface area contributed by atoms with Gasteiger partial charge in [-0.2, -0.15) is 10.4 Å². The van der Waals surface area contributed by atoms with Crippen molar-refractivity contribution >= 4 is 11.7 Å². The number of rotatable bonds is 2. The van der Waals surface area contributed by atoms with Crippen molar-refractivity contribution in [2.24, 2.45) is 0 Å². The van der Waals surface area contributed by atoms with E-state index >= 15 is 0 Å². The van der Waals surface area contributed by atoms with E-state index in [2.05, 4.69) is 5.10 Å². The first-order valence-electron chi connectivity index (χ1n) is 6.84. The zero-order valence-corrected chi connectivity index (χ0v) is 11.5. The quantitative estimate of drug-likeness (QED) is 0.904. The van der Waals surface area contributed by atoms with Crippen molar-refractivity contribution in [3.63, 3.8) is 0 Å². The van der Waals surface area contributed by atoms with Crippen LogP contribution in [0, 0.1) is 11.3 Å². The molecule has 0 unspecified atom stereocenters. The van der Waals surface area contributed by atoms with Crippen molar-refractivity contribution in [3.8, 4) is 11.8 Å². The van der Waals surface area contributed by atoms with Crippen LogP contribution in [0.4, 0.5) is 5.82 Å². The van der Waals surface area contributed by atoms with E-state index in [0.29, 0.717) is 16.9 Å². The third-order valence-electron chi connectivity index (χ3n) is 3.68. The van der Waals surface area contributed by atoms with Crippen molar-refractivity contribution in [1.29, 1.82) is 5.26 Å². The maximum absolute atomic E-state index is 12.2. The molecule has 2 N–H and O–H groups in total. The second kappa shape index (κ2) is 5.29. The van der Waals surface area contributed by atoms with E-state index in [0.717, 1.165) is 31.6 Å². The number of nitrogens with zero attached hydrogens (tertiary/aromatic N) is 4. The lowest BCUT2D eigenvalue weighted by Gasteiger charge is -2.15. The fraction of sp³-hybridized carbons (Fsp3) is 0.267. The fourth-order valence-corrected chi connectivity index (χ4v) is 2.50. The molecule has 0 atom stereocenters. The van der Waals surface area contributed by atoms with Crippen molar-refractivity contribution in [2.75, 3.05) is 18.8 Å². The van der Waals surface area contributed by atoms with Gasteiger partial charge in [0.25, 0.3) is 5.91 Å². The molecule has 1 aromatic heterocycles. The van der Waals surface area contributed by atoms with Crippen molar-refractivity contribution in [3.05, 3.63) is 41.6 Å². The molecule has 1 fully saturated rings. The van der Waals surface area contributed by atoms with Crippen molar-refractivity contribution < 1.29 is 4.79 Å². The molecule has 1 amide bonds. The summed E-state index contributed by atoms with van der Waals surface area (Å²) in [4.78, 5) is 14.1. The molecule has 2 heterocycles. The fourth-order valence-electron chi connectivity index (χ4n) is 2.50. The van der Waals surface area contributed by atoms with Crippen LogP contribution < -0.4 is 5.73 Å². The van der Waals surface area contributed by atoms with Gasteiger partial charge in [-0.15, -0.1) is 0 Å². The first-order chi connectivity index (χ1) is 10.2. The highest BCUT2D eigenvalue weighted by atomic mass is 16.2. The van der Waals surface area contributed by atoms with Gasteiger partial charge < -0.3 is 10.6 Å². The molecule has 3 rings (SSSR count). The number of amides is 1. The van der Waals surface area contributed by atoms with Crippen LogP contribution >= 0.6 is 0 Å². The van der Waals surface area contributed by atoms with Gasteiger partial charge in [-0.3, -0.25) is 4.79 Å². The SMILES string of the molecule is N#Cc1cnn(-c2ccc(C(=O)N3CCCC3)cc2)c1N. The van der Waals surface area contributed by atoms with Gasteiger partial charge in [0.2, 0.25) is 0 Å². The van der Waals surface area contributed by atoms with Crippen LogP contribution in [0.5, 0.6) is 0 Å². The van der Waals surface area contributed by atoms with Crippen molar-refractivity contribution in [1.82, 2.24) is 14.7 Å². The average molecular weight is 281 g/mol. The first kappa shape index (κ1) is 13.2. The lowest BCUT2D eigenvalue weighted by atomic mass is 10.2. The number of nitriles is 1. The summed E-state index contributed by atoms with van der Waals surface area (Å²) in [6.07, 6.45) is 3.58. The Labute approximate surface area is 122 Å². The number of benzene rings is 1. The Morgan fingerprint density at radius 1 is 1.24 bits per heavy atom. The highest BCUT2D eigenvalue weighted by Crippen LogP contribution is 2.18. The molecule has 106 valence electrons. The van der Waals surface area contributed by atoms with Crippen LogP contribution in [0.1, 0.15) is 28.8 Å². The summed E-state index contributed by atoms with van der Waals surface area (Å²) in [6.45, 7) is 1.66. The van der Waals surface area contributed by atoms with Gasteiger partial charge >= 0.3 is 0 Å². The summed E-state index contributed by atoms with van der Waals surface area (Å²) in [5, 5.41) is 13.0. The Morgan fingerprint density at radius 3 is 2.48 bits per heavy atom. The van der Waals surface area contributed by atoms with Crippen LogP contribution in [0.25, 0.3) is 5.69 Å².